The molecule has 1 aliphatic rings. The summed E-state index contributed by atoms with van der Waals surface area (Å²) >= 11 is 0. The van der Waals surface area contributed by atoms with E-state index in [1.165, 1.54) is 4.90 Å². The van der Waals surface area contributed by atoms with E-state index in [1.807, 2.05) is 0 Å². The summed E-state index contributed by atoms with van der Waals surface area (Å²) in [5.74, 6) is 0. The normalized spacial score (nSPS) is 20.3. The van der Waals surface area contributed by atoms with Crippen LogP contribution in [0.4, 0.5) is 4.79 Å². The summed E-state index contributed by atoms with van der Waals surface area (Å²) < 4.78 is 0. The molecule has 0 saturated carbocycles. The molecule has 6 heteroatoms. The number of carbonyl (C=O) groups is 1. The Hall–Kier alpha value is -0.850. The van der Waals surface area contributed by atoms with E-state index in [0.29, 0.717) is 32.5 Å². The molecule has 0 spiro atoms. The third-order valence-electron chi connectivity index (χ3n) is 2.92. The minimum Gasteiger partial charge on any atom is -0.465 e. The predicted molar refractivity (Wildman–Crippen MR) is 53.7 cm³/mol. The van der Waals surface area contributed by atoms with E-state index >= 15 is 0 Å². The van der Waals surface area contributed by atoms with Gasteiger partial charge in [-0.15, -0.1) is 0 Å². The summed E-state index contributed by atoms with van der Waals surface area (Å²) in [5, 5.41) is 30.1. The number of hydrogen-bond donors (Lipinski definition) is 4. The van der Waals surface area contributed by atoms with Gasteiger partial charge in [0.1, 0.15) is 0 Å². The van der Waals surface area contributed by atoms with Crippen LogP contribution in [0.15, 0.2) is 0 Å². The molecular formula is C9H18N2O4. The van der Waals surface area contributed by atoms with E-state index in [4.69, 9.17) is 15.3 Å². The Bertz CT molecular complexity index is 211. The first-order valence-corrected chi connectivity index (χ1v) is 5.09. The molecule has 0 radical (unpaired) electrons. The molecule has 0 aromatic carbocycles. The van der Waals surface area contributed by atoms with Gasteiger partial charge in [-0.2, -0.15) is 0 Å². The lowest BCUT2D eigenvalue weighted by Crippen LogP contribution is -2.63. The zero-order valence-corrected chi connectivity index (χ0v) is 8.65. The van der Waals surface area contributed by atoms with Crippen LogP contribution in [-0.2, 0) is 0 Å². The Labute approximate surface area is 88.5 Å². The van der Waals surface area contributed by atoms with Gasteiger partial charge in [0, 0.05) is 32.8 Å². The van der Waals surface area contributed by atoms with Crippen LogP contribution in [0, 0.1) is 0 Å². The van der Waals surface area contributed by atoms with Crippen LogP contribution >= 0.6 is 0 Å². The molecule has 0 aromatic rings. The van der Waals surface area contributed by atoms with Gasteiger partial charge < -0.3 is 20.6 Å². The summed E-state index contributed by atoms with van der Waals surface area (Å²) in [5.41, 5.74) is -0.659. The third-order valence-corrected chi connectivity index (χ3v) is 2.92. The maximum atomic E-state index is 11.1. The minimum absolute atomic E-state index is 0.0779. The number of nitrogens with one attached hydrogen (secondary N) is 1. The lowest BCUT2D eigenvalue weighted by atomic mass is 9.88. The van der Waals surface area contributed by atoms with Crippen molar-refractivity contribution in [1.82, 2.24) is 10.2 Å². The van der Waals surface area contributed by atoms with E-state index in [0.717, 1.165) is 0 Å². The van der Waals surface area contributed by atoms with Gasteiger partial charge in [0.15, 0.2) is 0 Å². The summed E-state index contributed by atoms with van der Waals surface area (Å²) in [6, 6.07) is 0. The Morgan fingerprint density at radius 2 is 1.93 bits per heavy atom. The number of nitrogens with zero attached hydrogens (tertiary/aromatic N) is 1. The zero-order valence-electron chi connectivity index (χ0n) is 8.65. The lowest BCUT2D eigenvalue weighted by molar-refractivity contribution is 0.0244. The number of aliphatic hydroxyl groups excluding tert-OH is 2. The smallest absolute Gasteiger partial charge is 0.407 e. The SMILES string of the molecule is O=C(O)N1CCNCC1(CCO)CCO. The van der Waals surface area contributed by atoms with E-state index in [1.54, 1.807) is 0 Å². The van der Waals surface area contributed by atoms with Gasteiger partial charge in [-0.25, -0.2) is 4.79 Å². The molecule has 1 aliphatic heterocycles. The predicted octanol–water partition coefficient (Wildman–Crippen LogP) is -0.927. The van der Waals surface area contributed by atoms with Crippen LogP contribution in [0.1, 0.15) is 12.8 Å². The highest BCUT2D eigenvalue weighted by atomic mass is 16.4. The average Bonchev–Trinajstić information content (AvgIpc) is 2.18. The highest BCUT2D eigenvalue weighted by Gasteiger charge is 2.40. The van der Waals surface area contributed by atoms with Crippen molar-refractivity contribution >= 4 is 6.09 Å². The van der Waals surface area contributed by atoms with E-state index in [9.17, 15) is 4.79 Å². The van der Waals surface area contributed by atoms with Gasteiger partial charge >= 0.3 is 6.09 Å². The van der Waals surface area contributed by atoms with E-state index in [-0.39, 0.29) is 13.2 Å². The molecule has 0 aliphatic carbocycles. The second kappa shape index (κ2) is 5.29. The summed E-state index contributed by atoms with van der Waals surface area (Å²) in [7, 11) is 0. The number of rotatable bonds is 4. The number of hydrogen-bond acceptors (Lipinski definition) is 4. The molecule has 0 unspecified atom stereocenters. The first-order chi connectivity index (χ1) is 7.16. The summed E-state index contributed by atoms with van der Waals surface area (Å²) in [4.78, 5) is 12.4. The monoisotopic (exact) mass is 218 g/mol. The maximum Gasteiger partial charge on any atom is 0.407 e. The van der Waals surface area contributed by atoms with Crippen molar-refractivity contribution in [2.24, 2.45) is 0 Å². The largest absolute Gasteiger partial charge is 0.465 e. The lowest BCUT2D eigenvalue weighted by Gasteiger charge is -2.45. The van der Waals surface area contributed by atoms with Gasteiger partial charge in [0.2, 0.25) is 0 Å². The zero-order chi connectivity index (χ0) is 11.3. The highest BCUT2D eigenvalue weighted by Crippen LogP contribution is 2.25. The number of carboxylic acid groups (broad SMARTS) is 1. The number of piperazine rings is 1. The molecule has 6 nitrogen and oxygen atoms in total. The first-order valence-electron chi connectivity index (χ1n) is 5.09. The van der Waals surface area contributed by atoms with Crippen LogP contribution in [0.3, 0.4) is 0 Å². The molecular weight excluding hydrogens is 200 g/mol. The molecule has 1 fully saturated rings. The summed E-state index contributed by atoms with van der Waals surface area (Å²) in [6.07, 6.45) is -0.280. The third kappa shape index (κ3) is 2.58. The van der Waals surface area contributed by atoms with Crippen molar-refractivity contribution in [2.75, 3.05) is 32.8 Å². The molecule has 4 N–H and O–H groups in total. The van der Waals surface area contributed by atoms with Crippen molar-refractivity contribution in [3.05, 3.63) is 0 Å². The quantitative estimate of drug-likeness (QED) is 0.489. The molecule has 0 aromatic heterocycles. The molecule has 15 heavy (non-hydrogen) atoms. The van der Waals surface area contributed by atoms with Gasteiger partial charge in [-0.3, -0.25) is 4.90 Å². The second-order valence-corrected chi connectivity index (χ2v) is 3.78. The topological polar surface area (TPSA) is 93.0 Å². The average molecular weight is 218 g/mol. The van der Waals surface area contributed by atoms with Crippen LogP contribution in [0.5, 0.6) is 0 Å². The van der Waals surface area contributed by atoms with Crippen molar-refractivity contribution < 1.29 is 20.1 Å². The minimum atomic E-state index is -0.988. The molecule has 1 amide bonds. The highest BCUT2D eigenvalue weighted by molar-refractivity contribution is 5.66. The maximum absolute atomic E-state index is 11.1. The molecule has 0 bridgehead atoms. The van der Waals surface area contributed by atoms with Crippen LogP contribution in [0.25, 0.3) is 0 Å². The number of amides is 1. The fourth-order valence-electron chi connectivity index (χ4n) is 2.13. The molecule has 1 saturated heterocycles. The second-order valence-electron chi connectivity index (χ2n) is 3.78. The van der Waals surface area contributed by atoms with Crippen molar-refractivity contribution in [3.63, 3.8) is 0 Å². The molecule has 1 rings (SSSR count). The van der Waals surface area contributed by atoms with Gasteiger partial charge in [-0.05, 0) is 12.8 Å². The molecule has 88 valence electrons. The molecule has 1 heterocycles. The van der Waals surface area contributed by atoms with Gasteiger partial charge in [0.05, 0.1) is 5.54 Å². The van der Waals surface area contributed by atoms with Crippen LogP contribution in [-0.4, -0.2) is 64.7 Å². The van der Waals surface area contributed by atoms with Crippen molar-refractivity contribution in [1.29, 1.82) is 0 Å². The molecule has 0 atom stereocenters. The van der Waals surface area contributed by atoms with Gasteiger partial charge in [-0.1, -0.05) is 0 Å². The fourth-order valence-corrected chi connectivity index (χ4v) is 2.13. The Morgan fingerprint density at radius 1 is 1.33 bits per heavy atom. The van der Waals surface area contributed by atoms with Gasteiger partial charge in [0.25, 0.3) is 0 Å². The summed E-state index contributed by atoms with van der Waals surface area (Å²) in [6.45, 7) is 1.34. The first kappa shape index (κ1) is 12.2. The standard InChI is InChI=1S/C9H18N2O4/c12-5-1-9(2-6-13)7-10-3-4-11(9)8(14)15/h10,12-13H,1-7H2,(H,14,15). The number of aliphatic hydroxyl groups is 2. The fraction of sp³-hybridized carbons (Fsp3) is 0.889. The van der Waals surface area contributed by atoms with E-state index < -0.39 is 11.6 Å². The van der Waals surface area contributed by atoms with Crippen molar-refractivity contribution in [2.45, 2.75) is 18.4 Å². The Morgan fingerprint density at radius 3 is 2.40 bits per heavy atom. The Kier molecular flexibility index (Phi) is 4.31. The Balaban J connectivity index is 2.82. The van der Waals surface area contributed by atoms with Crippen LogP contribution in [0.2, 0.25) is 0 Å². The van der Waals surface area contributed by atoms with E-state index in [2.05, 4.69) is 5.32 Å². The van der Waals surface area contributed by atoms with Crippen molar-refractivity contribution in [3.8, 4) is 0 Å². The van der Waals surface area contributed by atoms with Crippen LogP contribution < -0.4 is 5.32 Å².